The molecular formula is C11H13BrFNO2. The minimum atomic E-state index is -0.447. The Morgan fingerprint density at radius 3 is 3.00 bits per heavy atom. The second-order valence-electron chi connectivity index (χ2n) is 3.05. The van der Waals surface area contributed by atoms with Crippen molar-refractivity contribution in [2.45, 2.75) is 6.92 Å². The summed E-state index contributed by atoms with van der Waals surface area (Å²) >= 11 is 3.04. The number of ether oxygens (including phenoxy) is 1. The molecule has 0 heterocycles. The van der Waals surface area contributed by atoms with Gasteiger partial charge in [0, 0.05) is 13.2 Å². The molecule has 0 aliphatic carbocycles. The summed E-state index contributed by atoms with van der Waals surface area (Å²) in [5.41, 5.74) is 0.288. The normalized spacial score (nSPS) is 10.2. The molecule has 0 aliphatic heterocycles. The van der Waals surface area contributed by atoms with Crippen molar-refractivity contribution in [2.75, 3.05) is 19.8 Å². The maximum absolute atomic E-state index is 13.1. The van der Waals surface area contributed by atoms with Gasteiger partial charge in [0.15, 0.2) is 0 Å². The third-order valence-electron chi connectivity index (χ3n) is 1.93. The highest BCUT2D eigenvalue weighted by Crippen LogP contribution is 2.19. The van der Waals surface area contributed by atoms with Crippen LogP contribution in [0.3, 0.4) is 0 Å². The predicted octanol–water partition coefficient (Wildman–Crippen LogP) is 2.35. The fourth-order valence-corrected chi connectivity index (χ4v) is 1.60. The molecular weight excluding hydrogens is 277 g/mol. The van der Waals surface area contributed by atoms with Crippen molar-refractivity contribution < 1.29 is 13.9 Å². The van der Waals surface area contributed by atoms with E-state index < -0.39 is 5.82 Å². The van der Waals surface area contributed by atoms with Crippen LogP contribution in [-0.4, -0.2) is 25.7 Å². The van der Waals surface area contributed by atoms with Gasteiger partial charge < -0.3 is 10.1 Å². The summed E-state index contributed by atoms with van der Waals surface area (Å²) in [6.07, 6.45) is 0. The van der Waals surface area contributed by atoms with Crippen molar-refractivity contribution >= 4 is 21.8 Å². The summed E-state index contributed by atoms with van der Waals surface area (Å²) in [4.78, 5) is 11.6. The van der Waals surface area contributed by atoms with Crippen molar-refractivity contribution in [2.24, 2.45) is 0 Å². The summed E-state index contributed by atoms with van der Waals surface area (Å²) in [5.74, 6) is -0.761. The number of hydrogen-bond donors (Lipinski definition) is 1. The first kappa shape index (κ1) is 13.1. The molecule has 1 aromatic rings. The van der Waals surface area contributed by atoms with Crippen LogP contribution in [0.15, 0.2) is 22.7 Å². The SMILES string of the molecule is CCOCCNC(=O)c1cccc(F)c1Br. The quantitative estimate of drug-likeness (QED) is 0.845. The number of rotatable bonds is 5. The first-order chi connectivity index (χ1) is 7.66. The van der Waals surface area contributed by atoms with Crippen LogP contribution in [0.1, 0.15) is 17.3 Å². The Bertz CT molecular complexity index is 371. The van der Waals surface area contributed by atoms with E-state index in [1.165, 1.54) is 12.1 Å². The Hall–Kier alpha value is -0.940. The van der Waals surface area contributed by atoms with Crippen molar-refractivity contribution in [3.05, 3.63) is 34.1 Å². The molecule has 88 valence electrons. The molecule has 3 nitrogen and oxygen atoms in total. The molecule has 1 rings (SSSR count). The number of amides is 1. The maximum atomic E-state index is 13.1. The summed E-state index contributed by atoms with van der Waals surface area (Å²) in [6, 6.07) is 4.35. The van der Waals surface area contributed by atoms with E-state index >= 15 is 0 Å². The number of halogens is 2. The zero-order chi connectivity index (χ0) is 12.0. The number of benzene rings is 1. The van der Waals surface area contributed by atoms with Gasteiger partial charge in [-0.15, -0.1) is 0 Å². The third kappa shape index (κ3) is 3.57. The van der Waals surface area contributed by atoms with Gasteiger partial charge in [-0.2, -0.15) is 0 Å². The van der Waals surface area contributed by atoms with Gasteiger partial charge in [0.2, 0.25) is 0 Å². The van der Waals surface area contributed by atoms with E-state index in [-0.39, 0.29) is 15.9 Å². The van der Waals surface area contributed by atoms with Gasteiger partial charge in [0.25, 0.3) is 5.91 Å². The lowest BCUT2D eigenvalue weighted by Crippen LogP contribution is -2.27. The monoisotopic (exact) mass is 289 g/mol. The van der Waals surface area contributed by atoms with Crippen LogP contribution in [0.25, 0.3) is 0 Å². The molecule has 0 aromatic heterocycles. The third-order valence-corrected chi connectivity index (χ3v) is 2.74. The van der Waals surface area contributed by atoms with E-state index in [0.717, 1.165) is 0 Å². The molecule has 0 saturated carbocycles. The van der Waals surface area contributed by atoms with Crippen LogP contribution in [-0.2, 0) is 4.74 Å². The van der Waals surface area contributed by atoms with Gasteiger partial charge >= 0.3 is 0 Å². The van der Waals surface area contributed by atoms with Gasteiger partial charge in [0.05, 0.1) is 16.6 Å². The first-order valence-electron chi connectivity index (χ1n) is 4.96. The molecule has 16 heavy (non-hydrogen) atoms. The van der Waals surface area contributed by atoms with Crippen LogP contribution in [0.5, 0.6) is 0 Å². The molecule has 5 heteroatoms. The minimum absolute atomic E-state index is 0.184. The van der Waals surface area contributed by atoms with Gasteiger partial charge in [-0.25, -0.2) is 4.39 Å². The van der Waals surface area contributed by atoms with Gasteiger partial charge in [-0.1, -0.05) is 6.07 Å². The Balaban J connectivity index is 2.56. The molecule has 1 N–H and O–H groups in total. The Kier molecular flexibility index (Phi) is 5.42. The maximum Gasteiger partial charge on any atom is 0.252 e. The summed E-state index contributed by atoms with van der Waals surface area (Å²) in [5, 5.41) is 2.64. The molecule has 0 fully saturated rings. The van der Waals surface area contributed by atoms with E-state index in [9.17, 15) is 9.18 Å². The van der Waals surface area contributed by atoms with Crippen LogP contribution in [0.4, 0.5) is 4.39 Å². The van der Waals surface area contributed by atoms with E-state index in [4.69, 9.17) is 4.74 Å². The van der Waals surface area contributed by atoms with E-state index in [2.05, 4.69) is 21.2 Å². The number of nitrogens with one attached hydrogen (secondary N) is 1. The topological polar surface area (TPSA) is 38.3 Å². The van der Waals surface area contributed by atoms with Crippen molar-refractivity contribution in [1.82, 2.24) is 5.32 Å². The molecule has 1 amide bonds. The highest BCUT2D eigenvalue weighted by molar-refractivity contribution is 9.10. The standard InChI is InChI=1S/C11H13BrFNO2/c1-2-16-7-6-14-11(15)8-4-3-5-9(13)10(8)12/h3-5H,2,6-7H2,1H3,(H,14,15). The van der Waals surface area contributed by atoms with Gasteiger partial charge in [-0.3, -0.25) is 4.79 Å². The molecule has 0 bridgehead atoms. The zero-order valence-electron chi connectivity index (χ0n) is 8.93. The summed E-state index contributed by atoms with van der Waals surface area (Å²) < 4.78 is 18.4. The van der Waals surface area contributed by atoms with Crippen LogP contribution >= 0.6 is 15.9 Å². The summed E-state index contributed by atoms with van der Waals surface area (Å²) in [6.45, 7) is 3.36. The molecule has 0 spiro atoms. The fourth-order valence-electron chi connectivity index (χ4n) is 1.16. The van der Waals surface area contributed by atoms with Crippen LogP contribution in [0, 0.1) is 5.82 Å². The second kappa shape index (κ2) is 6.60. The number of carbonyl (C=O) groups excluding carboxylic acids is 1. The fraction of sp³-hybridized carbons (Fsp3) is 0.364. The Labute approximate surface area is 102 Å². The lowest BCUT2D eigenvalue weighted by Gasteiger charge is -2.07. The smallest absolute Gasteiger partial charge is 0.252 e. The van der Waals surface area contributed by atoms with Gasteiger partial charge in [0.1, 0.15) is 5.82 Å². The molecule has 0 aliphatic rings. The average molecular weight is 290 g/mol. The van der Waals surface area contributed by atoms with Gasteiger partial charge in [-0.05, 0) is 35.0 Å². The Morgan fingerprint density at radius 2 is 2.31 bits per heavy atom. The molecule has 0 radical (unpaired) electrons. The predicted molar refractivity (Wildman–Crippen MR) is 62.9 cm³/mol. The number of hydrogen-bond acceptors (Lipinski definition) is 2. The van der Waals surface area contributed by atoms with E-state index in [1.807, 2.05) is 6.92 Å². The van der Waals surface area contributed by atoms with Crippen LogP contribution in [0.2, 0.25) is 0 Å². The Morgan fingerprint density at radius 1 is 1.56 bits per heavy atom. The van der Waals surface area contributed by atoms with E-state index in [0.29, 0.717) is 19.8 Å². The highest BCUT2D eigenvalue weighted by atomic mass is 79.9. The van der Waals surface area contributed by atoms with Crippen molar-refractivity contribution in [3.63, 3.8) is 0 Å². The van der Waals surface area contributed by atoms with Crippen LogP contribution < -0.4 is 5.32 Å². The average Bonchev–Trinajstić information content (AvgIpc) is 2.28. The summed E-state index contributed by atoms with van der Waals surface area (Å²) in [7, 11) is 0. The van der Waals surface area contributed by atoms with E-state index in [1.54, 1.807) is 6.07 Å². The highest BCUT2D eigenvalue weighted by Gasteiger charge is 2.11. The second-order valence-corrected chi connectivity index (χ2v) is 3.85. The number of carbonyl (C=O) groups is 1. The molecule has 0 unspecified atom stereocenters. The minimum Gasteiger partial charge on any atom is -0.380 e. The first-order valence-corrected chi connectivity index (χ1v) is 5.76. The molecule has 0 saturated heterocycles. The molecule has 0 atom stereocenters. The van der Waals surface area contributed by atoms with Crippen molar-refractivity contribution in [3.8, 4) is 0 Å². The lowest BCUT2D eigenvalue weighted by atomic mass is 10.2. The molecule has 1 aromatic carbocycles. The zero-order valence-corrected chi connectivity index (χ0v) is 10.5. The lowest BCUT2D eigenvalue weighted by molar-refractivity contribution is 0.0921. The van der Waals surface area contributed by atoms with Crippen molar-refractivity contribution in [1.29, 1.82) is 0 Å². The largest absolute Gasteiger partial charge is 0.380 e.